The number of hydrogen-bond acceptors (Lipinski definition) is 4. The average Bonchev–Trinajstić information content (AvgIpc) is 2.82. The molecule has 1 amide bonds. The van der Waals surface area contributed by atoms with E-state index in [0.717, 1.165) is 19.4 Å². The molecule has 15 heavy (non-hydrogen) atoms. The standard InChI is InChI=1S/C10H17N3O2/c1-9(2,3)15-8(14)13-6-4-5-10(7-13)11-12-10/h4-7H2,1-3H3. The van der Waals surface area contributed by atoms with Gasteiger partial charge in [0.2, 0.25) is 5.66 Å². The molecule has 0 aromatic heterocycles. The highest BCUT2D eigenvalue weighted by Crippen LogP contribution is 2.37. The van der Waals surface area contributed by atoms with Crippen LogP contribution < -0.4 is 0 Å². The van der Waals surface area contributed by atoms with E-state index in [9.17, 15) is 4.79 Å². The summed E-state index contributed by atoms with van der Waals surface area (Å²) in [4.78, 5) is 13.5. The van der Waals surface area contributed by atoms with Crippen LogP contribution in [-0.4, -0.2) is 35.3 Å². The van der Waals surface area contributed by atoms with Crippen LogP contribution in [0.25, 0.3) is 0 Å². The third kappa shape index (κ3) is 2.46. The highest BCUT2D eigenvalue weighted by atomic mass is 16.6. The monoisotopic (exact) mass is 211 g/mol. The van der Waals surface area contributed by atoms with Crippen LogP contribution in [0, 0.1) is 0 Å². The minimum absolute atomic E-state index is 0.251. The number of carbonyl (C=O) groups excluding carboxylic acids is 1. The maximum Gasteiger partial charge on any atom is 0.410 e. The Morgan fingerprint density at radius 1 is 1.40 bits per heavy atom. The van der Waals surface area contributed by atoms with Gasteiger partial charge >= 0.3 is 6.09 Å². The van der Waals surface area contributed by atoms with Gasteiger partial charge in [-0.05, 0) is 33.6 Å². The van der Waals surface area contributed by atoms with Crippen molar-refractivity contribution in [3.05, 3.63) is 0 Å². The smallest absolute Gasteiger partial charge is 0.410 e. The van der Waals surface area contributed by atoms with Gasteiger partial charge in [0.15, 0.2) is 0 Å². The Balaban J connectivity index is 1.90. The summed E-state index contributed by atoms with van der Waals surface area (Å²) >= 11 is 0. The van der Waals surface area contributed by atoms with E-state index in [1.54, 1.807) is 4.90 Å². The molecule has 0 N–H and O–H groups in total. The van der Waals surface area contributed by atoms with E-state index >= 15 is 0 Å². The Hall–Kier alpha value is -1.13. The molecule has 1 saturated heterocycles. The zero-order valence-electron chi connectivity index (χ0n) is 9.49. The van der Waals surface area contributed by atoms with Crippen LogP contribution in [0.5, 0.6) is 0 Å². The van der Waals surface area contributed by atoms with Gasteiger partial charge in [-0.25, -0.2) is 4.79 Å². The molecule has 2 rings (SSSR count). The van der Waals surface area contributed by atoms with Crippen molar-refractivity contribution in [1.29, 1.82) is 0 Å². The molecule has 0 radical (unpaired) electrons. The first-order valence-corrected chi connectivity index (χ1v) is 5.32. The van der Waals surface area contributed by atoms with Crippen molar-refractivity contribution >= 4 is 6.09 Å². The minimum atomic E-state index is -0.431. The summed E-state index contributed by atoms with van der Waals surface area (Å²) in [5, 5.41) is 8.00. The summed E-state index contributed by atoms with van der Waals surface area (Å²) in [7, 11) is 0. The lowest BCUT2D eigenvalue weighted by molar-refractivity contribution is 0.0181. The first-order valence-electron chi connectivity index (χ1n) is 5.32. The quantitative estimate of drug-likeness (QED) is 0.616. The summed E-state index contributed by atoms with van der Waals surface area (Å²) < 4.78 is 5.30. The number of rotatable bonds is 0. The van der Waals surface area contributed by atoms with Crippen LogP contribution in [0.15, 0.2) is 10.2 Å². The lowest BCUT2D eigenvalue weighted by atomic mass is 10.0. The molecule has 2 aliphatic heterocycles. The predicted octanol–water partition coefficient (Wildman–Crippen LogP) is 2.18. The van der Waals surface area contributed by atoms with Crippen LogP contribution in [0.2, 0.25) is 0 Å². The molecule has 5 nitrogen and oxygen atoms in total. The van der Waals surface area contributed by atoms with E-state index in [2.05, 4.69) is 10.2 Å². The highest BCUT2D eigenvalue weighted by Gasteiger charge is 2.45. The molecule has 0 aromatic rings. The fourth-order valence-corrected chi connectivity index (χ4v) is 1.73. The molecule has 0 atom stereocenters. The van der Waals surface area contributed by atoms with Crippen molar-refractivity contribution in [2.24, 2.45) is 10.2 Å². The van der Waals surface area contributed by atoms with E-state index in [1.807, 2.05) is 20.8 Å². The summed E-state index contributed by atoms with van der Waals surface area (Å²) in [6.07, 6.45) is 1.66. The lowest BCUT2D eigenvalue weighted by Gasteiger charge is -2.32. The van der Waals surface area contributed by atoms with Crippen LogP contribution in [-0.2, 0) is 4.74 Å². The van der Waals surface area contributed by atoms with Gasteiger partial charge in [-0.15, -0.1) is 0 Å². The van der Waals surface area contributed by atoms with Crippen molar-refractivity contribution in [1.82, 2.24) is 4.90 Å². The van der Waals surface area contributed by atoms with Crippen molar-refractivity contribution in [3.8, 4) is 0 Å². The number of likely N-dealkylation sites (tertiary alicyclic amines) is 1. The second kappa shape index (κ2) is 3.18. The average molecular weight is 211 g/mol. The van der Waals surface area contributed by atoms with Gasteiger partial charge < -0.3 is 9.64 Å². The number of carbonyl (C=O) groups is 1. The molecular formula is C10H17N3O2. The van der Waals surface area contributed by atoms with Crippen LogP contribution >= 0.6 is 0 Å². The maximum absolute atomic E-state index is 11.7. The largest absolute Gasteiger partial charge is 0.444 e. The van der Waals surface area contributed by atoms with Crippen molar-refractivity contribution < 1.29 is 9.53 Å². The van der Waals surface area contributed by atoms with E-state index in [-0.39, 0.29) is 11.8 Å². The number of piperidine rings is 1. The molecule has 1 fully saturated rings. The zero-order chi connectivity index (χ0) is 11.1. The molecule has 0 bridgehead atoms. The Kier molecular flexibility index (Phi) is 2.20. The van der Waals surface area contributed by atoms with Crippen molar-refractivity contribution in [2.75, 3.05) is 13.1 Å². The third-order valence-corrected chi connectivity index (χ3v) is 2.48. The molecule has 1 spiro atoms. The van der Waals surface area contributed by atoms with Gasteiger partial charge in [-0.1, -0.05) is 0 Å². The van der Waals surface area contributed by atoms with Crippen molar-refractivity contribution in [3.63, 3.8) is 0 Å². The minimum Gasteiger partial charge on any atom is -0.444 e. The third-order valence-electron chi connectivity index (χ3n) is 2.48. The van der Waals surface area contributed by atoms with Gasteiger partial charge in [-0.3, -0.25) is 0 Å². The van der Waals surface area contributed by atoms with Crippen molar-refractivity contribution in [2.45, 2.75) is 44.9 Å². The number of amides is 1. The molecule has 2 aliphatic rings. The summed E-state index contributed by atoms with van der Waals surface area (Å²) in [6, 6.07) is 0. The maximum atomic E-state index is 11.7. The Labute approximate surface area is 89.5 Å². The first kappa shape index (κ1) is 10.4. The van der Waals surface area contributed by atoms with Crippen LogP contribution in [0.4, 0.5) is 4.79 Å². The SMILES string of the molecule is CC(C)(C)OC(=O)N1CCCC2(C1)N=N2. The predicted molar refractivity (Wildman–Crippen MR) is 54.6 cm³/mol. The molecular weight excluding hydrogens is 194 g/mol. The normalized spacial score (nSPS) is 23.0. The van der Waals surface area contributed by atoms with Gasteiger partial charge in [-0.2, -0.15) is 10.2 Å². The van der Waals surface area contributed by atoms with Gasteiger partial charge in [0.1, 0.15) is 5.60 Å². The Morgan fingerprint density at radius 2 is 2.07 bits per heavy atom. The van der Waals surface area contributed by atoms with Crippen LogP contribution in [0.1, 0.15) is 33.6 Å². The van der Waals surface area contributed by atoms with Gasteiger partial charge in [0, 0.05) is 6.54 Å². The van der Waals surface area contributed by atoms with E-state index < -0.39 is 5.60 Å². The molecule has 5 heteroatoms. The molecule has 2 heterocycles. The van der Waals surface area contributed by atoms with E-state index in [0.29, 0.717) is 6.54 Å². The molecule has 0 unspecified atom stereocenters. The number of hydrogen-bond donors (Lipinski definition) is 0. The number of nitrogens with zero attached hydrogens (tertiary/aromatic N) is 3. The molecule has 0 aromatic carbocycles. The highest BCUT2D eigenvalue weighted by molar-refractivity contribution is 5.68. The lowest BCUT2D eigenvalue weighted by Crippen LogP contribution is -2.46. The Bertz CT molecular complexity index is 300. The topological polar surface area (TPSA) is 54.3 Å². The summed E-state index contributed by atoms with van der Waals surface area (Å²) in [5.74, 6) is 0. The number of ether oxygens (including phenoxy) is 1. The zero-order valence-corrected chi connectivity index (χ0v) is 9.49. The fourth-order valence-electron chi connectivity index (χ4n) is 1.73. The van der Waals surface area contributed by atoms with E-state index in [1.165, 1.54) is 0 Å². The van der Waals surface area contributed by atoms with Gasteiger partial charge in [0.05, 0.1) is 6.54 Å². The Morgan fingerprint density at radius 3 is 2.60 bits per heavy atom. The summed E-state index contributed by atoms with van der Waals surface area (Å²) in [5.41, 5.74) is -0.700. The van der Waals surface area contributed by atoms with Gasteiger partial charge in [0.25, 0.3) is 0 Å². The molecule has 84 valence electrons. The van der Waals surface area contributed by atoms with Crippen LogP contribution in [0.3, 0.4) is 0 Å². The summed E-state index contributed by atoms with van der Waals surface area (Å²) in [6.45, 7) is 6.95. The van der Waals surface area contributed by atoms with E-state index in [4.69, 9.17) is 4.74 Å². The fraction of sp³-hybridized carbons (Fsp3) is 0.900. The molecule has 0 saturated carbocycles. The second-order valence-corrected chi connectivity index (χ2v) is 5.19. The first-order chi connectivity index (χ1) is 6.90. The second-order valence-electron chi connectivity index (χ2n) is 5.19. The molecule has 0 aliphatic carbocycles.